The van der Waals surface area contributed by atoms with Crippen molar-refractivity contribution in [2.24, 2.45) is 0 Å². The molecular weight excluding hydrogens is 297 g/mol. The van der Waals surface area contributed by atoms with Crippen LogP contribution in [0.5, 0.6) is 5.75 Å². The van der Waals surface area contributed by atoms with E-state index in [1.807, 2.05) is 38.4 Å². The van der Waals surface area contributed by atoms with Crippen LogP contribution >= 0.6 is 23.2 Å². The summed E-state index contributed by atoms with van der Waals surface area (Å²) in [5.74, 6) is 1.53. The minimum atomic E-state index is 0.169. The van der Waals surface area contributed by atoms with Gasteiger partial charge in [0, 0.05) is 6.42 Å². The molecular formula is C15H17Cl2NO2. The van der Waals surface area contributed by atoms with Crippen molar-refractivity contribution in [2.75, 3.05) is 20.7 Å². The van der Waals surface area contributed by atoms with Crippen molar-refractivity contribution in [1.82, 2.24) is 4.90 Å². The van der Waals surface area contributed by atoms with Gasteiger partial charge in [-0.25, -0.2) is 0 Å². The first-order valence-corrected chi connectivity index (χ1v) is 7.12. The summed E-state index contributed by atoms with van der Waals surface area (Å²) in [4.78, 5) is 2.10. The van der Waals surface area contributed by atoms with E-state index < -0.39 is 0 Å². The molecule has 20 heavy (non-hydrogen) atoms. The molecule has 2 aromatic rings. The Morgan fingerprint density at radius 3 is 2.65 bits per heavy atom. The molecule has 1 aromatic carbocycles. The van der Waals surface area contributed by atoms with Crippen molar-refractivity contribution >= 4 is 23.2 Å². The molecule has 0 N–H and O–H groups in total. The third-order valence-corrected chi connectivity index (χ3v) is 3.86. The maximum atomic E-state index is 6.08. The highest BCUT2D eigenvalue weighted by Crippen LogP contribution is 2.32. The smallest absolute Gasteiger partial charge is 0.139 e. The van der Waals surface area contributed by atoms with Gasteiger partial charge in [-0.05, 0) is 38.4 Å². The van der Waals surface area contributed by atoms with Gasteiger partial charge in [0.15, 0.2) is 0 Å². The summed E-state index contributed by atoms with van der Waals surface area (Å²) in [5.41, 5.74) is 0. The molecule has 3 nitrogen and oxygen atoms in total. The topological polar surface area (TPSA) is 25.6 Å². The zero-order valence-electron chi connectivity index (χ0n) is 11.5. The predicted octanol–water partition coefficient (Wildman–Crippen LogP) is 4.66. The van der Waals surface area contributed by atoms with Crippen molar-refractivity contribution < 1.29 is 9.15 Å². The molecule has 0 aliphatic rings. The third-order valence-electron chi connectivity index (χ3n) is 3.06. The second kappa shape index (κ2) is 7.02. The van der Waals surface area contributed by atoms with Crippen molar-refractivity contribution in [3.63, 3.8) is 0 Å². The van der Waals surface area contributed by atoms with E-state index >= 15 is 0 Å². The van der Waals surface area contributed by atoms with E-state index in [4.69, 9.17) is 32.4 Å². The third kappa shape index (κ3) is 3.69. The number of ether oxygens (including phenoxy) is 1. The molecule has 0 saturated heterocycles. The lowest BCUT2D eigenvalue weighted by atomic mass is 10.1. The summed E-state index contributed by atoms with van der Waals surface area (Å²) in [5, 5.41) is 0.952. The Morgan fingerprint density at radius 1 is 1.20 bits per heavy atom. The molecule has 0 saturated carbocycles. The maximum Gasteiger partial charge on any atom is 0.139 e. The zero-order chi connectivity index (χ0) is 14.5. The summed E-state index contributed by atoms with van der Waals surface area (Å²) in [7, 11) is 4.03. The molecule has 0 bridgehead atoms. The lowest BCUT2D eigenvalue weighted by Gasteiger charge is -2.22. The second-order valence-corrected chi connectivity index (χ2v) is 5.47. The van der Waals surface area contributed by atoms with E-state index in [0.717, 1.165) is 12.2 Å². The van der Waals surface area contributed by atoms with Crippen molar-refractivity contribution in [3.8, 4) is 5.75 Å². The van der Waals surface area contributed by atoms with Gasteiger partial charge in [0.25, 0.3) is 0 Å². The van der Waals surface area contributed by atoms with Gasteiger partial charge in [0.1, 0.15) is 16.5 Å². The van der Waals surface area contributed by atoms with Crippen LogP contribution in [-0.2, 0) is 0 Å². The van der Waals surface area contributed by atoms with E-state index in [9.17, 15) is 0 Å². The Bertz CT molecular complexity index is 541. The molecule has 1 atom stereocenters. The number of rotatable bonds is 6. The summed E-state index contributed by atoms with van der Waals surface area (Å²) >= 11 is 12.0. The number of hydrogen-bond acceptors (Lipinski definition) is 3. The minimum absolute atomic E-state index is 0.169. The van der Waals surface area contributed by atoms with Crippen LogP contribution in [0.1, 0.15) is 18.2 Å². The number of furan rings is 1. The van der Waals surface area contributed by atoms with Crippen molar-refractivity contribution in [1.29, 1.82) is 0 Å². The maximum absolute atomic E-state index is 6.08. The molecule has 0 aliphatic heterocycles. The molecule has 0 amide bonds. The van der Waals surface area contributed by atoms with E-state index in [1.54, 1.807) is 12.3 Å². The van der Waals surface area contributed by atoms with Crippen LogP contribution in [0.2, 0.25) is 10.0 Å². The Kier molecular flexibility index (Phi) is 5.35. The molecule has 0 fully saturated rings. The van der Waals surface area contributed by atoms with Crippen LogP contribution in [0.25, 0.3) is 0 Å². The fourth-order valence-electron chi connectivity index (χ4n) is 2.01. The fraction of sp³-hybridized carbons (Fsp3) is 0.333. The zero-order valence-corrected chi connectivity index (χ0v) is 13.0. The van der Waals surface area contributed by atoms with Gasteiger partial charge in [0.05, 0.1) is 23.9 Å². The number of benzene rings is 1. The van der Waals surface area contributed by atoms with Gasteiger partial charge in [-0.2, -0.15) is 0 Å². The van der Waals surface area contributed by atoms with E-state index in [1.165, 1.54) is 0 Å². The number of halogens is 2. The SMILES string of the molecule is CN(C)C(CCOc1cccc(Cl)c1Cl)c1ccco1. The summed E-state index contributed by atoms with van der Waals surface area (Å²) in [6.45, 7) is 0.531. The molecule has 1 heterocycles. The van der Waals surface area contributed by atoms with Crippen molar-refractivity contribution in [3.05, 3.63) is 52.4 Å². The average Bonchev–Trinajstić information content (AvgIpc) is 2.92. The van der Waals surface area contributed by atoms with Crippen LogP contribution in [0.4, 0.5) is 0 Å². The van der Waals surface area contributed by atoms with Gasteiger partial charge >= 0.3 is 0 Å². The van der Waals surface area contributed by atoms with Crippen LogP contribution in [-0.4, -0.2) is 25.6 Å². The van der Waals surface area contributed by atoms with Gasteiger partial charge in [0.2, 0.25) is 0 Å². The summed E-state index contributed by atoms with van der Waals surface area (Å²) < 4.78 is 11.2. The van der Waals surface area contributed by atoms with E-state index in [0.29, 0.717) is 22.4 Å². The lowest BCUT2D eigenvalue weighted by Crippen LogP contribution is -2.21. The Hall–Kier alpha value is -1.16. The predicted molar refractivity (Wildman–Crippen MR) is 81.7 cm³/mol. The van der Waals surface area contributed by atoms with Crippen LogP contribution in [0.3, 0.4) is 0 Å². The summed E-state index contributed by atoms with van der Waals surface area (Å²) in [6, 6.07) is 9.40. The molecule has 1 aromatic heterocycles. The average molecular weight is 314 g/mol. The molecule has 0 spiro atoms. The normalized spacial score (nSPS) is 12.7. The van der Waals surface area contributed by atoms with Gasteiger partial charge in [-0.1, -0.05) is 29.3 Å². The van der Waals surface area contributed by atoms with Crippen LogP contribution in [0.15, 0.2) is 41.0 Å². The Morgan fingerprint density at radius 2 is 2.00 bits per heavy atom. The lowest BCUT2D eigenvalue weighted by molar-refractivity contribution is 0.201. The highest BCUT2D eigenvalue weighted by atomic mass is 35.5. The highest BCUT2D eigenvalue weighted by Gasteiger charge is 2.17. The van der Waals surface area contributed by atoms with E-state index in [-0.39, 0.29) is 6.04 Å². The van der Waals surface area contributed by atoms with Gasteiger partial charge < -0.3 is 9.15 Å². The molecule has 0 radical (unpaired) electrons. The van der Waals surface area contributed by atoms with Gasteiger partial charge in [-0.3, -0.25) is 4.90 Å². The molecule has 1 unspecified atom stereocenters. The molecule has 2 rings (SSSR count). The first-order valence-electron chi connectivity index (χ1n) is 6.36. The standard InChI is InChI=1S/C15H17Cl2NO2/c1-18(2)12(13-7-4-9-19-13)8-10-20-14-6-3-5-11(16)15(14)17/h3-7,9,12H,8,10H2,1-2H3. The highest BCUT2D eigenvalue weighted by molar-refractivity contribution is 6.42. The van der Waals surface area contributed by atoms with Crippen LogP contribution < -0.4 is 4.74 Å². The van der Waals surface area contributed by atoms with Crippen molar-refractivity contribution in [2.45, 2.75) is 12.5 Å². The molecule has 0 aliphatic carbocycles. The minimum Gasteiger partial charge on any atom is -0.492 e. The number of hydrogen-bond donors (Lipinski definition) is 0. The Balaban J connectivity index is 1.96. The van der Waals surface area contributed by atoms with Gasteiger partial charge in [-0.15, -0.1) is 0 Å². The molecule has 5 heteroatoms. The van der Waals surface area contributed by atoms with Crippen LogP contribution in [0, 0.1) is 0 Å². The number of nitrogens with zero attached hydrogens (tertiary/aromatic N) is 1. The largest absolute Gasteiger partial charge is 0.492 e. The fourth-order valence-corrected chi connectivity index (χ4v) is 2.36. The molecule has 108 valence electrons. The first kappa shape index (κ1) is 15.2. The summed E-state index contributed by atoms with van der Waals surface area (Å²) in [6.07, 6.45) is 2.48. The Labute approximate surface area is 129 Å². The first-order chi connectivity index (χ1) is 9.59. The second-order valence-electron chi connectivity index (χ2n) is 4.68. The quantitative estimate of drug-likeness (QED) is 0.775. The monoisotopic (exact) mass is 313 g/mol. The van der Waals surface area contributed by atoms with E-state index in [2.05, 4.69) is 4.90 Å².